The zero-order valence-electron chi connectivity index (χ0n) is 14.1. The second-order valence-electron chi connectivity index (χ2n) is 5.77. The quantitative estimate of drug-likeness (QED) is 0.432. The topological polar surface area (TPSA) is 56.5 Å². The van der Waals surface area contributed by atoms with Crippen LogP contribution in [0.2, 0.25) is 5.02 Å². The number of esters is 1. The molecule has 0 aliphatic heterocycles. The molecule has 0 aliphatic carbocycles. The highest BCUT2D eigenvalue weighted by molar-refractivity contribution is 6.33. The van der Waals surface area contributed by atoms with Crippen molar-refractivity contribution in [2.75, 3.05) is 0 Å². The molecule has 0 fully saturated rings. The number of carbonyl (C=O) groups excluding carboxylic acids is 1. The van der Waals surface area contributed by atoms with Crippen LogP contribution in [0, 0.1) is 6.92 Å². The van der Waals surface area contributed by atoms with Gasteiger partial charge < -0.3 is 9.15 Å². The lowest BCUT2D eigenvalue weighted by Crippen LogP contribution is -2.17. The first-order valence-corrected chi connectivity index (χ1v) is 8.10. The third kappa shape index (κ3) is 3.42. The third-order valence-electron chi connectivity index (χ3n) is 3.91. The van der Waals surface area contributed by atoms with Gasteiger partial charge in [0.2, 0.25) is 11.2 Å². The summed E-state index contributed by atoms with van der Waals surface area (Å²) in [6.45, 7) is 2.56. The van der Waals surface area contributed by atoms with E-state index in [-0.39, 0.29) is 32.9 Å². The van der Waals surface area contributed by atoms with Crippen molar-refractivity contribution >= 4 is 28.5 Å². The number of benzene rings is 2. The van der Waals surface area contributed by atoms with E-state index in [1.54, 1.807) is 0 Å². The fourth-order valence-electron chi connectivity index (χ4n) is 2.75. The molecule has 0 spiro atoms. The second kappa shape index (κ2) is 6.74. The molecule has 0 saturated heterocycles. The van der Waals surface area contributed by atoms with Crippen LogP contribution >= 0.6 is 11.6 Å². The molecule has 3 rings (SSSR count). The zero-order valence-corrected chi connectivity index (χ0v) is 14.9. The molecule has 0 saturated carbocycles. The molecular formula is C19H12ClF3O4. The maximum absolute atomic E-state index is 13.7. The maximum Gasteiger partial charge on any atom is 0.450 e. The molecule has 27 heavy (non-hydrogen) atoms. The molecule has 1 aromatic heterocycles. The second-order valence-corrected chi connectivity index (χ2v) is 6.18. The molecular weight excluding hydrogens is 385 g/mol. The molecule has 0 N–H and O–H groups in total. The van der Waals surface area contributed by atoms with Crippen molar-refractivity contribution in [2.45, 2.75) is 20.0 Å². The highest BCUT2D eigenvalue weighted by Crippen LogP contribution is 2.40. The minimum Gasteiger partial charge on any atom is -0.450 e. The first-order chi connectivity index (χ1) is 12.6. The van der Waals surface area contributed by atoms with Crippen LogP contribution in [0.25, 0.3) is 22.1 Å². The molecule has 0 bridgehead atoms. The predicted octanol–water partition coefficient (Wildman–Crippen LogP) is 5.37. The number of fused-ring (bicyclic) bond motifs is 1. The minimum atomic E-state index is -4.94. The average Bonchev–Trinajstić information content (AvgIpc) is 2.57. The third-order valence-corrected chi connectivity index (χ3v) is 4.24. The molecule has 0 atom stereocenters. The van der Waals surface area contributed by atoms with E-state index < -0.39 is 28.9 Å². The van der Waals surface area contributed by atoms with Crippen LogP contribution < -0.4 is 10.2 Å². The summed E-state index contributed by atoms with van der Waals surface area (Å²) in [7, 11) is 0. The van der Waals surface area contributed by atoms with Crippen LogP contribution in [-0.4, -0.2) is 5.97 Å². The van der Waals surface area contributed by atoms with Gasteiger partial charge in [-0.05, 0) is 25.1 Å². The highest BCUT2D eigenvalue weighted by atomic mass is 35.5. The van der Waals surface area contributed by atoms with Crippen LogP contribution in [-0.2, 0) is 11.0 Å². The SMILES string of the molecule is CC(=O)Oc1ccc2c(=O)c(-c3ccccc3Cl)c(C(F)(F)F)oc2c1C. The number of rotatable bonds is 2. The van der Waals surface area contributed by atoms with Crippen LogP contribution in [0.5, 0.6) is 5.75 Å². The number of hydrogen-bond acceptors (Lipinski definition) is 4. The standard InChI is InChI=1S/C19H12ClF3O4/c1-9-14(26-10(2)24)8-7-12-16(25)15(11-5-3-4-6-13(11)20)18(19(21,22)23)27-17(9)12/h3-8H,1-2H3. The van der Waals surface area contributed by atoms with E-state index in [0.29, 0.717) is 0 Å². The van der Waals surface area contributed by atoms with Gasteiger partial charge in [0.05, 0.1) is 10.9 Å². The number of carbonyl (C=O) groups is 1. The lowest BCUT2D eigenvalue weighted by molar-refractivity contribution is -0.152. The summed E-state index contributed by atoms with van der Waals surface area (Å²) < 4.78 is 51.0. The smallest absolute Gasteiger partial charge is 0.450 e. The maximum atomic E-state index is 13.7. The van der Waals surface area contributed by atoms with Crippen LogP contribution in [0.15, 0.2) is 45.6 Å². The van der Waals surface area contributed by atoms with Gasteiger partial charge in [0.1, 0.15) is 11.3 Å². The molecule has 1 heterocycles. The van der Waals surface area contributed by atoms with Gasteiger partial charge in [-0.15, -0.1) is 0 Å². The monoisotopic (exact) mass is 396 g/mol. The molecule has 0 aliphatic rings. The van der Waals surface area contributed by atoms with E-state index >= 15 is 0 Å². The Balaban J connectivity index is 2.44. The largest absolute Gasteiger partial charge is 0.450 e. The van der Waals surface area contributed by atoms with Gasteiger partial charge in [0.15, 0.2) is 0 Å². The normalized spacial score (nSPS) is 11.6. The van der Waals surface area contributed by atoms with Gasteiger partial charge >= 0.3 is 12.1 Å². The van der Waals surface area contributed by atoms with Gasteiger partial charge in [0.25, 0.3) is 0 Å². The Morgan fingerprint density at radius 3 is 2.41 bits per heavy atom. The first-order valence-electron chi connectivity index (χ1n) is 7.72. The van der Waals surface area contributed by atoms with E-state index in [2.05, 4.69) is 0 Å². The molecule has 3 aromatic rings. The Morgan fingerprint density at radius 1 is 1.15 bits per heavy atom. The minimum absolute atomic E-state index is 0.0109. The van der Waals surface area contributed by atoms with Crippen molar-refractivity contribution in [2.24, 2.45) is 0 Å². The molecule has 0 unspecified atom stereocenters. The predicted molar refractivity (Wildman–Crippen MR) is 94.0 cm³/mol. The molecule has 8 heteroatoms. The highest BCUT2D eigenvalue weighted by Gasteiger charge is 2.40. The van der Waals surface area contributed by atoms with E-state index in [1.807, 2.05) is 0 Å². The zero-order chi connectivity index (χ0) is 19.9. The van der Waals surface area contributed by atoms with Crippen LogP contribution in [0.1, 0.15) is 18.2 Å². The molecule has 2 aromatic carbocycles. The van der Waals surface area contributed by atoms with E-state index in [1.165, 1.54) is 43.3 Å². The van der Waals surface area contributed by atoms with Gasteiger partial charge in [-0.25, -0.2) is 0 Å². The molecule has 0 radical (unpaired) electrons. The van der Waals surface area contributed by atoms with Gasteiger partial charge in [-0.2, -0.15) is 13.2 Å². The van der Waals surface area contributed by atoms with Gasteiger partial charge in [-0.1, -0.05) is 29.8 Å². The van der Waals surface area contributed by atoms with Crippen molar-refractivity contribution in [3.63, 3.8) is 0 Å². The number of ether oxygens (including phenoxy) is 1. The number of alkyl halides is 3. The van der Waals surface area contributed by atoms with E-state index in [0.717, 1.165) is 6.92 Å². The molecule has 0 amide bonds. The number of hydrogen-bond donors (Lipinski definition) is 0. The van der Waals surface area contributed by atoms with Crippen molar-refractivity contribution in [3.8, 4) is 16.9 Å². The lowest BCUT2D eigenvalue weighted by Gasteiger charge is -2.15. The van der Waals surface area contributed by atoms with Gasteiger partial charge in [-0.3, -0.25) is 9.59 Å². The summed E-state index contributed by atoms with van der Waals surface area (Å²) in [5.74, 6) is -2.10. The Kier molecular flexibility index (Phi) is 4.73. The van der Waals surface area contributed by atoms with E-state index in [4.69, 9.17) is 20.8 Å². The Bertz CT molecular complexity index is 1120. The van der Waals surface area contributed by atoms with Crippen molar-refractivity contribution < 1.29 is 27.1 Å². The average molecular weight is 397 g/mol. The summed E-state index contributed by atoms with van der Waals surface area (Å²) in [6.07, 6.45) is -4.94. The lowest BCUT2D eigenvalue weighted by atomic mass is 10.0. The summed E-state index contributed by atoms with van der Waals surface area (Å²) in [6, 6.07) is 8.30. The molecule has 4 nitrogen and oxygen atoms in total. The Hall–Kier alpha value is -2.80. The van der Waals surface area contributed by atoms with Crippen LogP contribution in [0.4, 0.5) is 13.2 Å². The summed E-state index contributed by atoms with van der Waals surface area (Å²) in [5, 5.41) is -0.0887. The Morgan fingerprint density at radius 2 is 1.81 bits per heavy atom. The van der Waals surface area contributed by atoms with Crippen molar-refractivity contribution in [1.29, 1.82) is 0 Å². The number of halogens is 4. The Labute approximate surface area is 156 Å². The fraction of sp³-hybridized carbons (Fsp3) is 0.158. The summed E-state index contributed by atoms with van der Waals surface area (Å²) in [4.78, 5) is 24.1. The van der Waals surface area contributed by atoms with Gasteiger partial charge in [0, 0.05) is 23.1 Å². The summed E-state index contributed by atoms with van der Waals surface area (Å²) in [5.41, 5.74) is -1.82. The number of aryl methyl sites for hydroxylation is 1. The molecule has 140 valence electrons. The van der Waals surface area contributed by atoms with Crippen molar-refractivity contribution in [3.05, 3.63) is 63.0 Å². The van der Waals surface area contributed by atoms with Crippen molar-refractivity contribution in [1.82, 2.24) is 0 Å². The first kappa shape index (κ1) is 19.0. The van der Waals surface area contributed by atoms with Crippen LogP contribution in [0.3, 0.4) is 0 Å². The fourth-order valence-corrected chi connectivity index (χ4v) is 2.98. The summed E-state index contributed by atoms with van der Waals surface area (Å²) >= 11 is 6.01. The van der Waals surface area contributed by atoms with E-state index in [9.17, 15) is 22.8 Å².